The second-order valence-electron chi connectivity index (χ2n) is 10.0. The molecule has 0 aromatic carbocycles. The van der Waals surface area contributed by atoms with Gasteiger partial charge in [0.2, 0.25) is 5.91 Å². The van der Waals surface area contributed by atoms with Crippen LogP contribution in [0.2, 0.25) is 0 Å². The first kappa shape index (κ1) is 20.0. The number of hydrogen-bond acceptors (Lipinski definition) is 3. The molecule has 0 radical (unpaired) electrons. The van der Waals surface area contributed by atoms with Gasteiger partial charge < -0.3 is 20.9 Å². The monoisotopic (exact) mass is 390 g/mol. The van der Waals surface area contributed by atoms with Crippen LogP contribution in [0.3, 0.4) is 0 Å². The fourth-order valence-corrected chi connectivity index (χ4v) is 6.81. The van der Waals surface area contributed by atoms with Crippen LogP contribution in [-0.4, -0.2) is 55.6 Å². The van der Waals surface area contributed by atoms with Gasteiger partial charge in [-0.1, -0.05) is 0 Å². The minimum atomic E-state index is -0.0690. The highest BCUT2D eigenvalue weighted by atomic mass is 16.2. The molecule has 5 fully saturated rings. The molecular weight excluding hydrogens is 352 g/mol. The van der Waals surface area contributed by atoms with Crippen LogP contribution in [0.1, 0.15) is 64.2 Å². The Hall–Kier alpha value is -1.30. The summed E-state index contributed by atoms with van der Waals surface area (Å²) in [5, 5.41) is 9.49. The molecule has 4 saturated carbocycles. The van der Waals surface area contributed by atoms with E-state index >= 15 is 0 Å². The maximum atomic E-state index is 12.5. The van der Waals surface area contributed by atoms with E-state index in [-0.39, 0.29) is 17.5 Å². The predicted molar refractivity (Wildman–Crippen MR) is 110 cm³/mol. The van der Waals surface area contributed by atoms with E-state index in [1.165, 1.54) is 25.7 Å². The summed E-state index contributed by atoms with van der Waals surface area (Å²) in [6.45, 7) is 3.23. The smallest absolute Gasteiger partial charge is 0.315 e. The van der Waals surface area contributed by atoms with Crippen molar-refractivity contribution in [3.05, 3.63) is 0 Å². The minimum Gasteiger partial charge on any atom is -0.343 e. The van der Waals surface area contributed by atoms with Crippen molar-refractivity contribution in [2.75, 3.05) is 33.2 Å². The van der Waals surface area contributed by atoms with Crippen LogP contribution in [0.4, 0.5) is 4.79 Å². The van der Waals surface area contributed by atoms with E-state index < -0.39 is 0 Å². The van der Waals surface area contributed by atoms with Gasteiger partial charge in [0.05, 0.1) is 0 Å². The second kappa shape index (κ2) is 8.60. The molecule has 1 saturated heterocycles. The normalized spacial score (nSPS) is 34.5. The zero-order valence-electron chi connectivity index (χ0n) is 17.5. The number of amides is 3. The van der Waals surface area contributed by atoms with Crippen molar-refractivity contribution in [3.63, 3.8) is 0 Å². The van der Waals surface area contributed by atoms with Crippen molar-refractivity contribution in [2.45, 2.75) is 69.7 Å². The van der Waals surface area contributed by atoms with Gasteiger partial charge in [0.15, 0.2) is 0 Å². The third kappa shape index (κ3) is 4.64. The summed E-state index contributed by atoms with van der Waals surface area (Å²) in [5.41, 5.74) is 0.0398. The highest BCUT2D eigenvalue weighted by Gasteiger charge is 2.51. The molecule has 3 N–H and O–H groups in total. The van der Waals surface area contributed by atoms with Crippen LogP contribution < -0.4 is 16.0 Å². The average Bonchev–Trinajstić information content (AvgIpc) is 2.65. The highest BCUT2D eigenvalue weighted by molar-refractivity contribution is 5.78. The molecule has 0 spiro atoms. The molecule has 1 aliphatic heterocycles. The Morgan fingerprint density at radius 3 is 2.14 bits per heavy atom. The zero-order valence-corrected chi connectivity index (χ0v) is 17.5. The first-order chi connectivity index (χ1) is 13.5. The number of urea groups is 1. The third-order valence-corrected chi connectivity index (χ3v) is 7.81. The van der Waals surface area contributed by atoms with Crippen molar-refractivity contribution < 1.29 is 9.59 Å². The molecule has 158 valence electrons. The number of carbonyl (C=O) groups excluding carboxylic acids is 2. The number of likely N-dealkylation sites (tertiary alicyclic amines) is 1. The van der Waals surface area contributed by atoms with Crippen LogP contribution in [0, 0.1) is 23.7 Å². The SMILES string of the molecule is CNCCC1CCN(C(=O)CCNC(=O)NC23CC4CC(CC(C4)C2)C3)CC1. The molecule has 5 rings (SSSR count). The molecule has 1 heterocycles. The van der Waals surface area contributed by atoms with E-state index in [1.54, 1.807) is 0 Å². The lowest BCUT2D eigenvalue weighted by Crippen LogP contribution is -2.61. The van der Waals surface area contributed by atoms with E-state index in [0.717, 1.165) is 75.4 Å². The molecule has 4 bridgehead atoms. The maximum absolute atomic E-state index is 12.5. The average molecular weight is 391 g/mol. The Bertz CT molecular complexity index is 536. The van der Waals surface area contributed by atoms with Crippen LogP contribution in [-0.2, 0) is 4.79 Å². The van der Waals surface area contributed by atoms with Crippen LogP contribution in [0.25, 0.3) is 0 Å². The summed E-state index contributed by atoms with van der Waals surface area (Å²) in [4.78, 5) is 26.9. The molecule has 6 heteroatoms. The Balaban J connectivity index is 1.15. The van der Waals surface area contributed by atoms with E-state index in [2.05, 4.69) is 16.0 Å². The van der Waals surface area contributed by atoms with Gasteiger partial charge in [0.1, 0.15) is 0 Å². The van der Waals surface area contributed by atoms with Gasteiger partial charge in [-0.3, -0.25) is 4.79 Å². The Morgan fingerprint density at radius 1 is 0.964 bits per heavy atom. The van der Waals surface area contributed by atoms with E-state index in [4.69, 9.17) is 0 Å². The van der Waals surface area contributed by atoms with Gasteiger partial charge in [-0.25, -0.2) is 4.79 Å². The van der Waals surface area contributed by atoms with Crippen molar-refractivity contribution in [3.8, 4) is 0 Å². The molecule has 3 amide bonds. The first-order valence-electron chi connectivity index (χ1n) is 11.5. The van der Waals surface area contributed by atoms with Crippen molar-refractivity contribution >= 4 is 11.9 Å². The van der Waals surface area contributed by atoms with Gasteiger partial charge in [-0.05, 0) is 95.1 Å². The summed E-state index contributed by atoms with van der Waals surface area (Å²) < 4.78 is 0. The fourth-order valence-electron chi connectivity index (χ4n) is 6.81. The van der Waals surface area contributed by atoms with E-state index in [1.807, 2.05) is 11.9 Å². The third-order valence-electron chi connectivity index (χ3n) is 7.81. The van der Waals surface area contributed by atoms with Gasteiger partial charge >= 0.3 is 6.03 Å². The Labute approximate surface area is 169 Å². The number of nitrogens with one attached hydrogen (secondary N) is 3. The molecule has 4 aliphatic carbocycles. The van der Waals surface area contributed by atoms with Gasteiger partial charge in [0.25, 0.3) is 0 Å². The molecular formula is C22H38N4O2. The topological polar surface area (TPSA) is 73.5 Å². The molecule has 6 nitrogen and oxygen atoms in total. The number of carbonyl (C=O) groups is 2. The number of rotatable bonds is 7. The first-order valence-corrected chi connectivity index (χ1v) is 11.5. The number of nitrogens with zero attached hydrogens (tertiary/aromatic N) is 1. The summed E-state index contributed by atoms with van der Waals surface area (Å²) >= 11 is 0. The molecule has 0 unspecified atom stereocenters. The van der Waals surface area contributed by atoms with Crippen LogP contribution in [0.15, 0.2) is 0 Å². The molecule has 5 aliphatic rings. The van der Waals surface area contributed by atoms with Gasteiger partial charge in [-0.2, -0.15) is 0 Å². The lowest BCUT2D eigenvalue weighted by atomic mass is 9.53. The van der Waals surface area contributed by atoms with Crippen LogP contribution in [0.5, 0.6) is 0 Å². The molecule has 0 atom stereocenters. The van der Waals surface area contributed by atoms with Crippen molar-refractivity contribution in [1.82, 2.24) is 20.9 Å². The lowest BCUT2D eigenvalue weighted by Gasteiger charge is -2.56. The standard InChI is InChI=1S/C22H38N4O2/c1-23-6-2-16-4-8-26(9-5-16)20(27)3-7-24-21(28)25-22-13-17-10-18(14-22)12-19(11-17)15-22/h16-19,23H,2-15H2,1H3,(H2,24,25,28). The maximum Gasteiger partial charge on any atom is 0.315 e. The Kier molecular flexibility index (Phi) is 6.14. The van der Waals surface area contributed by atoms with Crippen molar-refractivity contribution in [1.29, 1.82) is 0 Å². The molecule has 0 aromatic rings. The van der Waals surface area contributed by atoms with E-state index in [0.29, 0.717) is 13.0 Å². The fraction of sp³-hybridized carbons (Fsp3) is 0.909. The summed E-state index contributed by atoms with van der Waals surface area (Å²) in [6.07, 6.45) is 11.4. The molecule has 0 aromatic heterocycles. The van der Waals surface area contributed by atoms with Gasteiger partial charge in [0, 0.05) is 31.6 Å². The predicted octanol–water partition coefficient (Wildman–Crippen LogP) is 2.49. The largest absolute Gasteiger partial charge is 0.343 e. The highest BCUT2D eigenvalue weighted by Crippen LogP contribution is 2.55. The Morgan fingerprint density at radius 2 is 1.57 bits per heavy atom. The number of piperidine rings is 1. The second-order valence-corrected chi connectivity index (χ2v) is 10.0. The van der Waals surface area contributed by atoms with E-state index in [9.17, 15) is 9.59 Å². The minimum absolute atomic E-state index is 0.0398. The zero-order chi connectivity index (χ0) is 19.6. The van der Waals surface area contributed by atoms with Gasteiger partial charge in [-0.15, -0.1) is 0 Å². The summed E-state index contributed by atoms with van der Waals surface area (Å²) in [5.74, 6) is 3.39. The number of hydrogen-bond donors (Lipinski definition) is 3. The quantitative estimate of drug-likeness (QED) is 0.625. The van der Waals surface area contributed by atoms with Crippen LogP contribution >= 0.6 is 0 Å². The summed E-state index contributed by atoms with van der Waals surface area (Å²) in [6, 6.07) is -0.0690. The lowest BCUT2D eigenvalue weighted by molar-refractivity contribution is -0.132. The summed E-state index contributed by atoms with van der Waals surface area (Å²) in [7, 11) is 1.99. The van der Waals surface area contributed by atoms with Crippen molar-refractivity contribution in [2.24, 2.45) is 23.7 Å². The molecule has 28 heavy (non-hydrogen) atoms.